The van der Waals surface area contributed by atoms with E-state index in [0.29, 0.717) is 18.8 Å². The number of benzene rings is 1. The molecule has 18 heavy (non-hydrogen) atoms. The molecule has 1 aromatic carbocycles. The molecule has 0 bridgehead atoms. The van der Waals surface area contributed by atoms with Crippen LogP contribution >= 0.6 is 11.6 Å². The van der Waals surface area contributed by atoms with Crippen molar-refractivity contribution in [2.24, 2.45) is 0 Å². The number of nitrogens with zero attached hydrogens (tertiary/aromatic N) is 1. The van der Waals surface area contributed by atoms with E-state index in [1.165, 1.54) is 18.2 Å². The Morgan fingerprint density at radius 2 is 2.33 bits per heavy atom. The number of amides is 1. The largest absolute Gasteiger partial charge is 0.491 e. The Morgan fingerprint density at radius 3 is 2.89 bits per heavy atom. The lowest BCUT2D eigenvalue weighted by Gasteiger charge is -2.11. The van der Waals surface area contributed by atoms with Crippen molar-refractivity contribution in [3.05, 3.63) is 33.3 Å². The second-order valence-electron chi connectivity index (χ2n) is 3.98. The van der Waals surface area contributed by atoms with Gasteiger partial charge in [-0.2, -0.15) is 0 Å². The Hall–Kier alpha value is -1.82. The lowest BCUT2D eigenvalue weighted by Crippen LogP contribution is -2.30. The minimum absolute atomic E-state index is 0.00790. The molecular formula is C11H11ClN2O4. The standard InChI is InChI=1S/C11H11ClN2O4/c12-9-5-8(2-3-10(9)14(16)17)18-6-7-1-4-11(15)13-7/h2-3,5,7H,1,4,6H2,(H,13,15). The van der Waals surface area contributed by atoms with Crippen LogP contribution in [0.1, 0.15) is 12.8 Å². The highest BCUT2D eigenvalue weighted by Gasteiger charge is 2.21. The maximum Gasteiger partial charge on any atom is 0.288 e. The minimum Gasteiger partial charge on any atom is -0.491 e. The summed E-state index contributed by atoms with van der Waals surface area (Å²) in [6.07, 6.45) is 1.24. The number of ether oxygens (including phenoxy) is 1. The number of carbonyl (C=O) groups excluding carboxylic acids is 1. The van der Waals surface area contributed by atoms with Crippen molar-refractivity contribution in [2.45, 2.75) is 18.9 Å². The Bertz CT molecular complexity index is 492. The summed E-state index contributed by atoms with van der Waals surface area (Å²) in [5.41, 5.74) is -0.154. The molecule has 0 spiro atoms. The summed E-state index contributed by atoms with van der Waals surface area (Å²) in [5.74, 6) is 0.470. The second kappa shape index (κ2) is 5.22. The summed E-state index contributed by atoms with van der Waals surface area (Å²) in [4.78, 5) is 21.0. The van der Waals surface area contributed by atoms with Gasteiger partial charge in [-0.05, 0) is 12.5 Å². The summed E-state index contributed by atoms with van der Waals surface area (Å²) < 4.78 is 5.43. The fraction of sp³-hybridized carbons (Fsp3) is 0.364. The zero-order chi connectivity index (χ0) is 13.1. The molecule has 1 unspecified atom stereocenters. The molecular weight excluding hydrogens is 260 g/mol. The van der Waals surface area contributed by atoms with Crippen molar-refractivity contribution >= 4 is 23.2 Å². The van der Waals surface area contributed by atoms with Crippen molar-refractivity contribution in [3.8, 4) is 5.75 Å². The van der Waals surface area contributed by atoms with Crippen LogP contribution in [0, 0.1) is 10.1 Å². The fourth-order valence-electron chi connectivity index (χ4n) is 1.72. The monoisotopic (exact) mass is 270 g/mol. The van der Waals surface area contributed by atoms with Gasteiger partial charge in [-0.3, -0.25) is 14.9 Å². The molecule has 1 atom stereocenters. The molecule has 6 nitrogen and oxygen atoms in total. The molecule has 1 aliphatic heterocycles. The highest BCUT2D eigenvalue weighted by molar-refractivity contribution is 6.32. The van der Waals surface area contributed by atoms with Gasteiger partial charge in [-0.15, -0.1) is 0 Å². The van der Waals surface area contributed by atoms with E-state index in [4.69, 9.17) is 16.3 Å². The first-order valence-corrected chi connectivity index (χ1v) is 5.80. The summed E-state index contributed by atoms with van der Waals surface area (Å²) in [7, 11) is 0. The van der Waals surface area contributed by atoms with Crippen molar-refractivity contribution in [2.75, 3.05) is 6.61 Å². The van der Waals surface area contributed by atoms with Gasteiger partial charge in [0.1, 0.15) is 17.4 Å². The SMILES string of the molecule is O=C1CCC(COc2ccc([N+](=O)[O-])c(Cl)c2)N1. The van der Waals surface area contributed by atoms with E-state index in [2.05, 4.69) is 5.32 Å². The summed E-state index contributed by atoms with van der Waals surface area (Å²) in [6.45, 7) is 0.333. The van der Waals surface area contributed by atoms with E-state index in [1.54, 1.807) is 0 Å². The number of nitrogens with one attached hydrogen (secondary N) is 1. The third-order valence-corrected chi connectivity index (χ3v) is 2.95. The molecule has 0 aromatic heterocycles. The third kappa shape index (κ3) is 2.89. The van der Waals surface area contributed by atoms with Crippen LogP contribution in [0.3, 0.4) is 0 Å². The summed E-state index contributed by atoms with van der Waals surface area (Å²) in [5, 5.41) is 13.4. The van der Waals surface area contributed by atoms with Crippen LogP contribution in [0.15, 0.2) is 18.2 Å². The quantitative estimate of drug-likeness (QED) is 0.669. The molecule has 7 heteroatoms. The molecule has 0 aliphatic carbocycles. The van der Waals surface area contributed by atoms with Gasteiger partial charge in [0.15, 0.2) is 0 Å². The third-order valence-electron chi connectivity index (χ3n) is 2.65. The first kappa shape index (κ1) is 12.6. The Kier molecular flexibility index (Phi) is 3.66. The average molecular weight is 271 g/mol. The zero-order valence-electron chi connectivity index (χ0n) is 9.39. The lowest BCUT2D eigenvalue weighted by molar-refractivity contribution is -0.384. The van der Waals surface area contributed by atoms with E-state index in [9.17, 15) is 14.9 Å². The van der Waals surface area contributed by atoms with Crippen LogP contribution in [-0.4, -0.2) is 23.5 Å². The van der Waals surface area contributed by atoms with Crippen LogP contribution in [0.25, 0.3) is 0 Å². The van der Waals surface area contributed by atoms with Gasteiger partial charge in [0, 0.05) is 18.6 Å². The van der Waals surface area contributed by atoms with Gasteiger partial charge in [-0.1, -0.05) is 11.6 Å². The molecule has 1 saturated heterocycles. The highest BCUT2D eigenvalue weighted by atomic mass is 35.5. The van der Waals surface area contributed by atoms with Crippen molar-refractivity contribution in [1.29, 1.82) is 0 Å². The molecule has 2 rings (SSSR count). The molecule has 1 N–H and O–H groups in total. The molecule has 1 heterocycles. The van der Waals surface area contributed by atoms with Crippen LogP contribution < -0.4 is 10.1 Å². The maximum atomic E-state index is 11.0. The Labute approximate surface area is 108 Å². The Morgan fingerprint density at radius 1 is 1.56 bits per heavy atom. The Balaban J connectivity index is 1.96. The maximum absolute atomic E-state index is 11.0. The van der Waals surface area contributed by atoms with Crippen molar-refractivity contribution in [3.63, 3.8) is 0 Å². The normalized spacial score (nSPS) is 18.5. The number of hydrogen-bond acceptors (Lipinski definition) is 4. The number of hydrogen-bond donors (Lipinski definition) is 1. The minimum atomic E-state index is -0.552. The van der Waals surface area contributed by atoms with Gasteiger partial charge in [0.05, 0.1) is 11.0 Å². The van der Waals surface area contributed by atoms with Crippen molar-refractivity contribution in [1.82, 2.24) is 5.32 Å². The van der Waals surface area contributed by atoms with E-state index in [1.807, 2.05) is 0 Å². The van der Waals surface area contributed by atoms with E-state index in [-0.39, 0.29) is 22.7 Å². The molecule has 1 fully saturated rings. The smallest absolute Gasteiger partial charge is 0.288 e. The van der Waals surface area contributed by atoms with Crippen LogP contribution in [0.2, 0.25) is 5.02 Å². The first-order valence-electron chi connectivity index (χ1n) is 5.42. The van der Waals surface area contributed by atoms with Gasteiger partial charge < -0.3 is 10.1 Å². The van der Waals surface area contributed by atoms with Gasteiger partial charge in [-0.25, -0.2) is 0 Å². The summed E-state index contributed by atoms with van der Waals surface area (Å²) in [6, 6.07) is 4.17. The molecule has 0 saturated carbocycles. The zero-order valence-corrected chi connectivity index (χ0v) is 10.1. The number of carbonyl (C=O) groups is 1. The second-order valence-corrected chi connectivity index (χ2v) is 4.39. The van der Waals surface area contributed by atoms with E-state index >= 15 is 0 Å². The molecule has 96 valence electrons. The van der Waals surface area contributed by atoms with E-state index in [0.717, 1.165) is 6.42 Å². The van der Waals surface area contributed by atoms with Gasteiger partial charge in [0.25, 0.3) is 5.69 Å². The molecule has 1 aromatic rings. The van der Waals surface area contributed by atoms with Gasteiger partial charge >= 0.3 is 0 Å². The number of rotatable bonds is 4. The average Bonchev–Trinajstić information content (AvgIpc) is 2.72. The molecule has 1 amide bonds. The number of nitro groups is 1. The summed E-state index contributed by atoms with van der Waals surface area (Å²) >= 11 is 5.75. The molecule has 1 aliphatic rings. The van der Waals surface area contributed by atoms with Crippen LogP contribution in [0.5, 0.6) is 5.75 Å². The highest BCUT2D eigenvalue weighted by Crippen LogP contribution is 2.28. The van der Waals surface area contributed by atoms with E-state index < -0.39 is 4.92 Å². The predicted molar refractivity (Wildman–Crippen MR) is 64.8 cm³/mol. The van der Waals surface area contributed by atoms with Gasteiger partial charge in [0.2, 0.25) is 5.91 Å². The molecule has 0 radical (unpaired) electrons. The number of halogens is 1. The topological polar surface area (TPSA) is 81.5 Å². The lowest BCUT2D eigenvalue weighted by atomic mass is 10.2. The fourth-order valence-corrected chi connectivity index (χ4v) is 1.96. The van der Waals surface area contributed by atoms with Crippen molar-refractivity contribution < 1.29 is 14.5 Å². The number of nitro benzene ring substituents is 1. The van der Waals surface area contributed by atoms with Crippen LogP contribution in [0.4, 0.5) is 5.69 Å². The first-order chi connectivity index (χ1) is 8.56. The van der Waals surface area contributed by atoms with Crippen LogP contribution in [-0.2, 0) is 4.79 Å². The predicted octanol–water partition coefficient (Wildman–Crippen LogP) is 1.91.